The van der Waals surface area contributed by atoms with Gasteiger partial charge in [-0.2, -0.15) is 0 Å². The van der Waals surface area contributed by atoms with Crippen LogP contribution in [0.3, 0.4) is 0 Å². The van der Waals surface area contributed by atoms with Crippen LogP contribution in [0, 0.1) is 16.7 Å². The van der Waals surface area contributed by atoms with Crippen molar-refractivity contribution in [2.45, 2.75) is 33.8 Å². The van der Waals surface area contributed by atoms with E-state index in [-0.39, 0.29) is 16.7 Å². The summed E-state index contributed by atoms with van der Waals surface area (Å²) < 4.78 is 5.76. The minimum absolute atomic E-state index is 0.128. The molecule has 1 heterocycles. The normalized spacial score (nSPS) is 22.6. The van der Waals surface area contributed by atoms with Crippen molar-refractivity contribution in [3.05, 3.63) is 35.0 Å². The number of hydrogen-bond acceptors (Lipinski definition) is 2. The van der Waals surface area contributed by atoms with E-state index in [4.69, 9.17) is 16.0 Å². The fraction of sp³-hybridized carbons (Fsp3) is 0.500. The molecule has 1 aromatic heterocycles. The quantitative estimate of drug-likeness (QED) is 0.856. The van der Waals surface area contributed by atoms with Gasteiger partial charge in [0.1, 0.15) is 17.4 Å². The first-order valence-corrected chi connectivity index (χ1v) is 7.00. The van der Waals surface area contributed by atoms with Crippen molar-refractivity contribution in [3.63, 3.8) is 0 Å². The minimum atomic E-state index is -0.559. The second-order valence-electron chi connectivity index (χ2n) is 6.70. The van der Waals surface area contributed by atoms with Crippen LogP contribution in [-0.2, 0) is 0 Å². The smallest absolute Gasteiger partial charge is 0.134 e. The maximum atomic E-state index is 10.6. The molecule has 1 atom stereocenters. The van der Waals surface area contributed by atoms with Crippen LogP contribution in [0.1, 0.15) is 39.6 Å². The van der Waals surface area contributed by atoms with Crippen LogP contribution >= 0.6 is 11.6 Å². The minimum Gasteiger partial charge on any atom is -0.458 e. The Morgan fingerprint density at radius 2 is 1.79 bits per heavy atom. The number of benzene rings is 1. The molecule has 0 spiro atoms. The summed E-state index contributed by atoms with van der Waals surface area (Å²) in [5, 5.41) is 12.2. The number of rotatable bonds is 2. The molecule has 2 nitrogen and oxygen atoms in total. The lowest BCUT2D eigenvalue weighted by molar-refractivity contribution is 0.108. The van der Waals surface area contributed by atoms with Crippen molar-refractivity contribution in [2.24, 2.45) is 16.7 Å². The summed E-state index contributed by atoms with van der Waals surface area (Å²) in [5.41, 5.74) is 1.03. The van der Waals surface area contributed by atoms with Crippen molar-refractivity contribution in [1.29, 1.82) is 0 Å². The molecule has 3 heteroatoms. The molecular weight excluding hydrogens is 260 g/mol. The highest BCUT2D eigenvalue weighted by Gasteiger charge is 2.67. The largest absolute Gasteiger partial charge is 0.458 e. The molecule has 3 rings (SSSR count). The van der Waals surface area contributed by atoms with Crippen LogP contribution in [0.15, 0.2) is 28.7 Å². The van der Waals surface area contributed by atoms with E-state index in [1.807, 2.05) is 18.2 Å². The molecule has 102 valence electrons. The summed E-state index contributed by atoms with van der Waals surface area (Å²) in [7, 11) is 0. The standard InChI is InChI=1S/C16H19ClO2/c1-15(2)14(16(15,3)4)13(18)12-8-9-7-10(17)5-6-11(9)19-12/h5-8,13-14,18H,1-4H3. The first kappa shape index (κ1) is 13.0. The van der Waals surface area contributed by atoms with Gasteiger partial charge in [0.2, 0.25) is 0 Å². The number of hydrogen-bond donors (Lipinski definition) is 1. The van der Waals surface area contributed by atoms with Gasteiger partial charge >= 0.3 is 0 Å². The molecule has 1 aliphatic rings. The Balaban J connectivity index is 1.97. The van der Waals surface area contributed by atoms with Gasteiger partial charge in [0.25, 0.3) is 0 Å². The van der Waals surface area contributed by atoms with Crippen molar-refractivity contribution < 1.29 is 9.52 Å². The van der Waals surface area contributed by atoms with Gasteiger partial charge in [-0.05, 0) is 35.1 Å². The summed E-state index contributed by atoms with van der Waals surface area (Å²) in [5.74, 6) is 0.858. The van der Waals surface area contributed by atoms with Gasteiger partial charge < -0.3 is 9.52 Å². The maximum Gasteiger partial charge on any atom is 0.134 e. The Kier molecular flexibility index (Phi) is 2.58. The van der Waals surface area contributed by atoms with Gasteiger partial charge in [0.15, 0.2) is 0 Å². The molecule has 0 saturated heterocycles. The average Bonchev–Trinajstić information content (AvgIpc) is 2.64. The van der Waals surface area contributed by atoms with Gasteiger partial charge in [0, 0.05) is 16.3 Å². The molecule has 1 aliphatic carbocycles. The Hall–Kier alpha value is -0.990. The van der Waals surface area contributed by atoms with E-state index in [0.717, 1.165) is 11.0 Å². The predicted molar refractivity (Wildman–Crippen MR) is 77.2 cm³/mol. The van der Waals surface area contributed by atoms with Crippen molar-refractivity contribution >= 4 is 22.6 Å². The maximum absolute atomic E-state index is 10.6. The van der Waals surface area contributed by atoms with Crippen molar-refractivity contribution in [1.82, 2.24) is 0 Å². The van der Waals surface area contributed by atoms with E-state index in [1.165, 1.54) is 0 Å². The van der Waals surface area contributed by atoms with E-state index in [0.29, 0.717) is 10.8 Å². The fourth-order valence-electron chi connectivity index (χ4n) is 3.38. The summed E-state index contributed by atoms with van der Waals surface area (Å²) >= 11 is 5.97. The topological polar surface area (TPSA) is 33.4 Å². The summed E-state index contributed by atoms with van der Waals surface area (Å²) in [6, 6.07) is 7.40. The van der Waals surface area contributed by atoms with Crippen LogP contribution in [0.4, 0.5) is 0 Å². The monoisotopic (exact) mass is 278 g/mol. The van der Waals surface area contributed by atoms with E-state index < -0.39 is 6.10 Å². The van der Waals surface area contributed by atoms with Crippen LogP contribution in [0.2, 0.25) is 5.02 Å². The van der Waals surface area contributed by atoms with Crippen LogP contribution < -0.4 is 0 Å². The second kappa shape index (κ2) is 3.77. The molecule has 2 aromatic rings. The Bertz CT molecular complexity index is 625. The molecule has 1 unspecified atom stereocenters. The summed E-state index contributed by atoms with van der Waals surface area (Å²) in [6.45, 7) is 8.78. The van der Waals surface area contributed by atoms with Gasteiger partial charge in [-0.15, -0.1) is 0 Å². The molecule has 1 fully saturated rings. The van der Waals surface area contributed by atoms with E-state index in [2.05, 4.69) is 27.7 Å². The highest BCUT2D eigenvalue weighted by molar-refractivity contribution is 6.31. The molecule has 1 N–H and O–H groups in total. The summed E-state index contributed by atoms with van der Waals surface area (Å²) in [6.07, 6.45) is -0.559. The first-order valence-electron chi connectivity index (χ1n) is 6.62. The Labute approximate surface area is 118 Å². The van der Waals surface area contributed by atoms with Crippen molar-refractivity contribution in [3.8, 4) is 0 Å². The molecule has 19 heavy (non-hydrogen) atoms. The fourth-order valence-corrected chi connectivity index (χ4v) is 3.56. The lowest BCUT2D eigenvalue weighted by Gasteiger charge is -2.09. The lowest BCUT2D eigenvalue weighted by atomic mass is 10.0. The highest BCUT2D eigenvalue weighted by Crippen LogP contribution is 2.72. The third kappa shape index (κ3) is 1.73. The Morgan fingerprint density at radius 1 is 1.16 bits per heavy atom. The molecular formula is C16H19ClO2. The molecule has 1 saturated carbocycles. The summed E-state index contributed by atoms with van der Waals surface area (Å²) in [4.78, 5) is 0. The third-order valence-corrected chi connectivity index (χ3v) is 5.47. The van der Waals surface area contributed by atoms with Gasteiger partial charge in [-0.1, -0.05) is 39.3 Å². The second-order valence-corrected chi connectivity index (χ2v) is 7.13. The number of furan rings is 1. The third-order valence-electron chi connectivity index (χ3n) is 5.24. The van der Waals surface area contributed by atoms with E-state index >= 15 is 0 Å². The molecule has 0 amide bonds. The highest BCUT2D eigenvalue weighted by atomic mass is 35.5. The van der Waals surface area contributed by atoms with Crippen LogP contribution in [0.5, 0.6) is 0 Å². The first-order chi connectivity index (χ1) is 8.75. The van der Waals surface area contributed by atoms with Crippen LogP contribution in [0.25, 0.3) is 11.0 Å². The molecule has 0 bridgehead atoms. The zero-order chi connectivity index (χ0) is 14.0. The number of aliphatic hydroxyl groups is 1. The number of aliphatic hydroxyl groups excluding tert-OH is 1. The number of fused-ring (bicyclic) bond motifs is 1. The molecule has 0 aliphatic heterocycles. The SMILES string of the molecule is CC1(C)C(C(O)c2cc3cc(Cl)ccc3o2)C1(C)C. The Morgan fingerprint density at radius 3 is 2.37 bits per heavy atom. The van der Waals surface area contributed by atoms with Gasteiger partial charge in [-0.25, -0.2) is 0 Å². The van der Waals surface area contributed by atoms with Crippen molar-refractivity contribution in [2.75, 3.05) is 0 Å². The zero-order valence-electron chi connectivity index (χ0n) is 11.7. The van der Waals surface area contributed by atoms with E-state index in [1.54, 1.807) is 6.07 Å². The zero-order valence-corrected chi connectivity index (χ0v) is 12.5. The molecule has 0 radical (unpaired) electrons. The number of halogens is 1. The van der Waals surface area contributed by atoms with Gasteiger partial charge in [0.05, 0.1) is 0 Å². The van der Waals surface area contributed by atoms with Crippen LogP contribution in [-0.4, -0.2) is 5.11 Å². The molecule has 1 aromatic carbocycles. The predicted octanol–water partition coefficient (Wildman–Crippen LogP) is 4.80. The lowest BCUT2D eigenvalue weighted by Crippen LogP contribution is -2.04. The van der Waals surface area contributed by atoms with Gasteiger partial charge in [-0.3, -0.25) is 0 Å². The average molecular weight is 279 g/mol. The van der Waals surface area contributed by atoms with E-state index in [9.17, 15) is 5.11 Å².